The van der Waals surface area contributed by atoms with Gasteiger partial charge in [-0.1, -0.05) is 30.7 Å². The maximum atomic E-state index is 11.8. The molecule has 0 aromatic heterocycles. The summed E-state index contributed by atoms with van der Waals surface area (Å²) in [7, 11) is 0. The summed E-state index contributed by atoms with van der Waals surface area (Å²) >= 11 is 0. The molecule has 0 aliphatic heterocycles. The third kappa shape index (κ3) is 3.86. The van der Waals surface area contributed by atoms with Gasteiger partial charge in [0.1, 0.15) is 0 Å². The zero-order valence-electron chi connectivity index (χ0n) is 10.9. The summed E-state index contributed by atoms with van der Waals surface area (Å²) in [5.74, 6) is -0.0178. The van der Waals surface area contributed by atoms with Crippen LogP contribution in [0.2, 0.25) is 0 Å². The molecule has 3 nitrogen and oxygen atoms in total. The molecule has 17 heavy (non-hydrogen) atoms. The van der Waals surface area contributed by atoms with Crippen LogP contribution in [0.1, 0.15) is 30.0 Å². The largest absolute Gasteiger partial charge is 0.352 e. The van der Waals surface area contributed by atoms with E-state index < -0.39 is 0 Å². The van der Waals surface area contributed by atoms with Crippen molar-refractivity contribution in [1.29, 1.82) is 0 Å². The van der Waals surface area contributed by atoms with E-state index in [9.17, 15) is 4.79 Å². The van der Waals surface area contributed by atoms with Crippen LogP contribution in [0.15, 0.2) is 18.2 Å². The minimum absolute atomic E-state index is 0.0509. The lowest BCUT2D eigenvalue weighted by molar-refractivity contribution is -0.124. The number of benzene rings is 1. The second-order valence-electron chi connectivity index (χ2n) is 4.49. The highest BCUT2D eigenvalue weighted by atomic mass is 16.1. The standard InChI is InChI=1S/C14H22N2O/c1-4-12(8-15)14(17)16-9-13-6-5-10(2)7-11(13)3/h5-7,12H,4,8-9,15H2,1-3H3,(H,16,17). The first-order valence-corrected chi connectivity index (χ1v) is 6.12. The molecule has 0 radical (unpaired) electrons. The summed E-state index contributed by atoms with van der Waals surface area (Å²) in [6.45, 7) is 7.11. The molecule has 3 N–H and O–H groups in total. The Morgan fingerprint density at radius 1 is 1.41 bits per heavy atom. The first-order chi connectivity index (χ1) is 8.08. The smallest absolute Gasteiger partial charge is 0.224 e. The molecule has 1 amide bonds. The van der Waals surface area contributed by atoms with E-state index in [2.05, 4.69) is 37.4 Å². The van der Waals surface area contributed by atoms with Crippen molar-refractivity contribution < 1.29 is 4.79 Å². The molecule has 0 heterocycles. The van der Waals surface area contributed by atoms with E-state index >= 15 is 0 Å². The summed E-state index contributed by atoms with van der Waals surface area (Å²) < 4.78 is 0. The van der Waals surface area contributed by atoms with Crippen molar-refractivity contribution in [3.05, 3.63) is 34.9 Å². The Kier molecular flexibility index (Phi) is 5.16. The summed E-state index contributed by atoms with van der Waals surface area (Å²) in [4.78, 5) is 11.8. The number of carbonyl (C=O) groups is 1. The van der Waals surface area contributed by atoms with Crippen LogP contribution in [-0.2, 0) is 11.3 Å². The fourth-order valence-corrected chi connectivity index (χ4v) is 1.83. The predicted octanol–water partition coefficient (Wildman–Crippen LogP) is 1.90. The van der Waals surface area contributed by atoms with E-state index in [1.807, 2.05) is 6.92 Å². The summed E-state index contributed by atoms with van der Waals surface area (Å²) in [6.07, 6.45) is 0.787. The van der Waals surface area contributed by atoms with Crippen LogP contribution >= 0.6 is 0 Å². The van der Waals surface area contributed by atoms with E-state index in [4.69, 9.17) is 5.73 Å². The summed E-state index contributed by atoms with van der Waals surface area (Å²) in [5.41, 5.74) is 9.16. The molecule has 0 fully saturated rings. The number of nitrogens with one attached hydrogen (secondary N) is 1. The number of hydrogen-bond acceptors (Lipinski definition) is 2. The van der Waals surface area contributed by atoms with Crippen LogP contribution in [0, 0.1) is 19.8 Å². The number of aryl methyl sites for hydroxylation is 2. The Hall–Kier alpha value is -1.35. The topological polar surface area (TPSA) is 55.1 Å². The Bertz CT molecular complexity index is 384. The normalized spacial score (nSPS) is 12.2. The number of amides is 1. The SMILES string of the molecule is CCC(CN)C(=O)NCc1ccc(C)cc1C. The first kappa shape index (κ1) is 13.7. The molecule has 0 aliphatic carbocycles. The monoisotopic (exact) mass is 234 g/mol. The van der Waals surface area contributed by atoms with Crippen LogP contribution in [0.25, 0.3) is 0 Å². The molecule has 1 rings (SSSR count). The van der Waals surface area contributed by atoms with Crippen LogP contribution < -0.4 is 11.1 Å². The molecule has 0 bridgehead atoms. The highest BCUT2D eigenvalue weighted by Crippen LogP contribution is 2.10. The minimum Gasteiger partial charge on any atom is -0.352 e. The lowest BCUT2D eigenvalue weighted by atomic mass is 10.0. The van der Waals surface area contributed by atoms with Crippen LogP contribution in [0.4, 0.5) is 0 Å². The van der Waals surface area contributed by atoms with Gasteiger partial charge in [-0.3, -0.25) is 4.79 Å². The summed E-state index contributed by atoms with van der Waals surface area (Å²) in [6, 6.07) is 6.25. The number of carbonyl (C=O) groups excluding carboxylic acids is 1. The van der Waals surface area contributed by atoms with Gasteiger partial charge in [0.2, 0.25) is 5.91 Å². The van der Waals surface area contributed by atoms with Gasteiger partial charge in [0.15, 0.2) is 0 Å². The van der Waals surface area contributed by atoms with E-state index in [-0.39, 0.29) is 11.8 Å². The lowest BCUT2D eigenvalue weighted by Gasteiger charge is -2.13. The zero-order chi connectivity index (χ0) is 12.8. The van der Waals surface area contributed by atoms with E-state index in [0.29, 0.717) is 13.1 Å². The van der Waals surface area contributed by atoms with Gasteiger partial charge < -0.3 is 11.1 Å². The highest BCUT2D eigenvalue weighted by molar-refractivity contribution is 5.78. The van der Waals surface area contributed by atoms with E-state index in [1.165, 1.54) is 11.1 Å². The fraction of sp³-hybridized carbons (Fsp3) is 0.500. The van der Waals surface area contributed by atoms with Crippen LogP contribution in [0.5, 0.6) is 0 Å². The van der Waals surface area contributed by atoms with Crippen LogP contribution in [0.3, 0.4) is 0 Å². The van der Waals surface area contributed by atoms with Gasteiger partial charge in [-0.25, -0.2) is 0 Å². The molecular formula is C14H22N2O. The first-order valence-electron chi connectivity index (χ1n) is 6.12. The second-order valence-corrected chi connectivity index (χ2v) is 4.49. The lowest BCUT2D eigenvalue weighted by Crippen LogP contribution is -2.34. The van der Waals surface area contributed by atoms with Crippen molar-refractivity contribution in [2.45, 2.75) is 33.7 Å². The molecule has 1 unspecified atom stereocenters. The second kappa shape index (κ2) is 6.40. The van der Waals surface area contributed by atoms with Crippen LogP contribution in [-0.4, -0.2) is 12.5 Å². The average Bonchev–Trinajstić information content (AvgIpc) is 2.29. The Balaban J connectivity index is 2.58. The molecule has 1 aromatic carbocycles. The molecule has 94 valence electrons. The summed E-state index contributed by atoms with van der Waals surface area (Å²) in [5, 5.41) is 2.94. The maximum absolute atomic E-state index is 11.8. The molecule has 0 saturated carbocycles. The van der Waals surface area contributed by atoms with Crippen molar-refractivity contribution in [2.24, 2.45) is 11.7 Å². The number of rotatable bonds is 5. The molecule has 0 spiro atoms. The molecule has 0 aliphatic rings. The molecule has 3 heteroatoms. The minimum atomic E-state index is -0.0687. The fourth-order valence-electron chi connectivity index (χ4n) is 1.83. The Labute approximate surface area is 103 Å². The van der Waals surface area contributed by atoms with E-state index in [0.717, 1.165) is 12.0 Å². The van der Waals surface area contributed by atoms with Gasteiger partial charge in [-0.05, 0) is 31.4 Å². The van der Waals surface area contributed by atoms with Gasteiger partial charge in [0.25, 0.3) is 0 Å². The molecule has 1 atom stereocenters. The number of nitrogens with two attached hydrogens (primary N) is 1. The average molecular weight is 234 g/mol. The Morgan fingerprint density at radius 2 is 2.12 bits per heavy atom. The van der Waals surface area contributed by atoms with Crippen molar-refractivity contribution >= 4 is 5.91 Å². The molecular weight excluding hydrogens is 212 g/mol. The van der Waals surface area contributed by atoms with Crippen molar-refractivity contribution in [2.75, 3.05) is 6.54 Å². The molecule has 0 saturated heterocycles. The Morgan fingerprint density at radius 3 is 2.65 bits per heavy atom. The maximum Gasteiger partial charge on any atom is 0.224 e. The van der Waals surface area contributed by atoms with Gasteiger partial charge in [-0.15, -0.1) is 0 Å². The van der Waals surface area contributed by atoms with Gasteiger partial charge in [0, 0.05) is 19.0 Å². The van der Waals surface area contributed by atoms with Crippen molar-refractivity contribution in [3.63, 3.8) is 0 Å². The zero-order valence-corrected chi connectivity index (χ0v) is 10.9. The van der Waals surface area contributed by atoms with Crippen molar-refractivity contribution in [3.8, 4) is 0 Å². The number of hydrogen-bond donors (Lipinski definition) is 2. The van der Waals surface area contributed by atoms with Gasteiger partial charge in [0.05, 0.1) is 0 Å². The third-order valence-electron chi connectivity index (χ3n) is 3.10. The third-order valence-corrected chi connectivity index (χ3v) is 3.10. The molecule has 1 aromatic rings. The van der Waals surface area contributed by atoms with E-state index in [1.54, 1.807) is 0 Å². The predicted molar refractivity (Wildman–Crippen MR) is 70.6 cm³/mol. The van der Waals surface area contributed by atoms with Gasteiger partial charge >= 0.3 is 0 Å². The quantitative estimate of drug-likeness (QED) is 0.817. The van der Waals surface area contributed by atoms with Crippen molar-refractivity contribution in [1.82, 2.24) is 5.32 Å². The highest BCUT2D eigenvalue weighted by Gasteiger charge is 2.13. The van der Waals surface area contributed by atoms with Gasteiger partial charge in [-0.2, -0.15) is 0 Å².